The first-order valence-electron chi connectivity index (χ1n) is 8.42. The molecule has 6 heteroatoms. The zero-order valence-electron chi connectivity index (χ0n) is 14.6. The maximum Gasteiger partial charge on any atom is 0.231 e. The van der Waals surface area contributed by atoms with Crippen LogP contribution in [0.5, 0.6) is 17.2 Å². The van der Waals surface area contributed by atoms with Gasteiger partial charge in [-0.05, 0) is 42.3 Å². The number of amides is 1. The van der Waals surface area contributed by atoms with Crippen molar-refractivity contribution in [3.05, 3.63) is 48.2 Å². The zero-order chi connectivity index (χ0) is 18.3. The van der Waals surface area contributed by atoms with E-state index in [1.807, 2.05) is 32.0 Å². The Hall–Kier alpha value is -3.15. The number of H-pyrrole nitrogens is 1. The van der Waals surface area contributed by atoms with Gasteiger partial charge < -0.3 is 24.9 Å². The van der Waals surface area contributed by atoms with Crippen molar-refractivity contribution in [3.8, 4) is 17.2 Å². The number of carbonyl (C=O) groups is 1. The van der Waals surface area contributed by atoms with Crippen LogP contribution in [0.1, 0.15) is 19.4 Å². The van der Waals surface area contributed by atoms with Crippen molar-refractivity contribution in [2.45, 2.75) is 20.3 Å². The summed E-state index contributed by atoms with van der Waals surface area (Å²) < 4.78 is 10.7. The monoisotopic (exact) mass is 352 g/mol. The lowest BCUT2D eigenvalue weighted by Crippen LogP contribution is -2.32. The smallest absolute Gasteiger partial charge is 0.231 e. The third kappa shape index (κ3) is 2.94. The van der Waals surface area contributed by atoms with Crippen molar-refractivity contribution in [1.82, 2.24) is 4.98 Å². The van der Waals surface area contributed by atoms with Crippen LogP contribution in [0.4, 0.5) is 5.69 Å². The molecule has 0 aliphatic carbocycles. The van der Waals surface area contributed by atoms with E-state index in [1.54, 1.807) is 24.4 Å². The minimum atomic E-state index is -0.631. The molecule has 0 spiro atoms. The van der Waals surface area contributed by atoms with Gasteiger partial charge in [-0.15, -0.1) is 0 Å². The molecule has 1 aliphatic rings. The minimum Gasteiger partial charge on any atom is -0.508 e. The van der Waals surface area contributed by atoms with Gasteiger partial charge in [0, 0.05) is 22.5 Å². The van der Waals surface area contributed by atoms with E-state index in [0.717, 1.165) is 22.2 Å². The fourth-order valence-electron chi connectivity index (χ4n) is 3.15. The SMILES string of the molecule is CC(C)(Cc1ccc2c(c1)OCO2)C(=O)Nc1c[nH]c2ccc(O)cc12. The average Bonchev–Trinajstić information content (AvgIpc) is 3.21. The Labute approximate surface area is 150 Å². The van der Waals surface area contributed by atoms with Gasteiger partial charge >= 0.3 is 0 Å². The molecule has 0 unspecified atom stereocenters. The number of ether oxygens (including phenoxy) is 2. The molecule has 1 aromatic heterocycles. The molecule has 3 aromatic rings. The molecular weight excluding hydrogens is 332 g/mol. The number of anilines is 1. The molecule has 0 fully saturated rings. The number of phenolic OH excluding ortho intramolecular Hbond substituents is 1. The second kappa shape index (κ2) is 5.98. The van der Waals surface area contributed by atoms with Gasteiger partial charge in [0.05, 0.1) is 5.69 Å². The van der Waals surface area contributed by atoms with Crippen molar-refractivity contribution in [1.29, 1.82) is 0 Å². The van der Waals surface area contributed by atoms with E-state index in [2.05, 4.69) is 10.3 Å². The van der Waals surface area contributed by atoms with Gasteiger partial charge in [0.25, 0.3) is 0 Å². The first-order chi connectivity index (χ1) is 12.4. The largest absolute Gasteiger partial charge is 0.508 e. The van der Waals surface area contributed by atoms with Crippen LogP contribution in [0.15, 0.2) is 42.6 Å². The molecule has 0 atom stereocenters. The molecule has 0 saturated heterocycles. The number of benzene rings is 2. The highest BCUT2D eigenvalue weighted by Gasteiger charge is 2.29. The molecule has 4 rings (SSSR count). The van der Waals surface area contributed by atoms with Crippen LogP contribution >= 0.6 is 0 Å². The molecule has 2 aromatic carbocycles. The third-order valence-electron chi connectivity index (χ3n) is 4.61. The zero-order valence-corrected chi connectivity index (χ0v) is 14.6. The predicted molar refractivity (Wildman–Crippen MR) is 98.6 cm³/mol. The molecule has 2 heterocycles. The Balaban J connectivity index is 1.53. The lowest BCUT2D eigenvalue weighted by atomic mass is 9.84. The summed E-state index contributed by atoms with van der Waals surface area (Å²) in [5.41, 5.74) is 1.88. The predicted octanol–water partition coefficient (Wildman–Crippen LogP) is 3.81. The summed E-state index contributed by atoms with van der Waals surface area (Å²) in [7, 11) is 0. The van der Waals surface area contributed by atoms with Gasteiger partial charge in [-0.1, -0.05) is 19.9 Å². The van der Waals surface area contributed by atoms with Crippen LogP contribution in [0, 0.1) is 5.41 Å². The quantitative estimate of drug-likeness (QED) is 0.667. The van der Waals surface area contributed by atoms with Gasteiger partial charge in [-0.2, -0.15) is 0 Å². The van der Waals surface area contributed by atoms with E-state index in [9.17, 15) is 9.90 Å². The average molecular weight is 352 g/mol. The first kappa shape index (κ1) is 16.3. The van der Waals surface area contributed by atoms with E-state index < -0.39 is 5.41 Å². The van der Waals surface area contributed by atoms with E-state index in [0.29, 0.717) is 17.9 Å². The van der Waals surface area contributed by atoms with E-state index >= 15 is 0 Å². The molecule has 0 saturated carbocycles. The maximum absolute atomic E-state index is 12.9. The summed E-state index contributed by atoms with van der Waals surface area (Å²) >= 11 is 0. The number of rotatable bonds is 4. The molecule has 26 heavy (non-hydrogen) atoms. The number of aromatic amines is 1. The number of nitrogens with one attached hydrogen (secondary N) is 2. The van der Waals surface area contributed by atoms with E-state index in [1.165, 1.54) is 0 Å². The van der Waals surface area contributed by atoms with Crippen molar-refractivity contribution in [2.75, 3.05) is 12.1 Å². The Morgan fingerprint density at radius 1 is 1.19 bits per heavy atom. The molecule has 3 N–H and O–H groups in total. The summed E-state index contributed by atoms with van der Waals surface area (Å²) in [4.78, 5) is 15.9. The number of carbonyl (C=O) groups excluding carboxylic acids is 1. The third-order valence-corrected chi connectivity index (χ3v) is 4.61. The van der Waals surface area contributed by atoms with Crippen LogP contribution in [0.3, 0.4) is 0 Å². The second-order valence-corrected chi connectivity index (χ2v) is 7.13. The number of aromatic hydroxyl groups is 1. The Bertz CT molecular complexity index is 991. The molecule has 1 aliphatic heterocycles. The molecule has 6 nitrogen and oxygen atoms in total. The normalized spacial score (nSPS) is 13.2. The van der Waals surface area contributed by atoms with Gasteiger partial charge in [-0.3, -0.25) is 4.79 Å². The topological polar surface area (TPSA) is 83.6 Å². The highest BCUT2D eigenvalue weighted by molar-refractivity contribution is 6.03. The lowest BCUT2D eigenvalue weighted by Gasteiger charge is -2.23. The number of hydrogen-bond donors (Lipinski definition) is 3. The summed E-state index contributed by atoms with van der Waals surface area (Å²) in [5, 5.41) is 13.4. The maximum atomic E-state index is 12.9. The lowest BCUT2D eigenvalue weighted by molar-refractivity contribution is -0.123. The van der Waals surface area contributed by atoms with Gasteiger partial charge in [0.2, 0.25) is 12.7 Å². The molecule has 0 radical (unpaired) electrons. The van der Waals surface area contributed by atoms with Crippen molar-refractivity contribution in [2.24, 2.45) is 5.41 Å². The Morgan fingerprint density at radius 2 is 2.00 bits per heavy atom. The second-order valence-electron chi connectivity index (χ2n) is 7.13. The summed E-state index contributed by atoms with van der Waals surface area (Å²) in [6, 6.07) is 10.7. The van der Waals surface area contributed by atoms with E-state index in [-0.39, 0.29) is 18.4 Å². The number of fused-ring (bicyclic) bond motifs is 2. The fourth-order valence-corrected chi connectivity index (χ4v) is 3.15. The number of aromatic nitrogens is 1. The summed E-state index contributed by atoms with van der Waals surface area (Å²) in [5.74, 6) is 1.51. The van der Waals surface area contributed by atoms with Crippen LogP contribution < -0.4 is 14.8 Å². The number of hydrogen-bond acceptors (Lipinski definition) is 4. The first-order valence-corrected chi connectivity index (χ1v) is 8.42. The molecule has 1 amide bonds. The summed E-state index contributed by atoms with van der Waals surface area (Å²) in [6.07, 6.45) is 2.29. The van der Waals surface area contributed by atoms with E-state index in [4.69, 9.17) is 9.47 Å². The van der Waals surface area contributed by atoms with Gasteiger partial charge in [0.1, 0.15) is 5.75 Å². The molecular formula is C20H20N2O4. The van der Waals surface area contributed by atoms with Crippen LogP contribution in [-0.2, 0) is 11.2 Å². The fraction of sp³-hybridized carbons (Fsp3) is 0.250. The van der Waals surface area contributed by atoms with Crippen molar-refractivity contribution in [3.63, 3.8) is 0 Å². The van der Waals surface area contributed by atoms with Crippen LogP contribution in [0.25, 0.3) is 10.9 Å². The van der Waals surface area contributed by atoms with Gasteiger partial charge in [-0.25, -0.2) is 0 Å². The highest BCUT2D eigenvalue weighted by atomic mass is 16.7. The highest BCUT2D eigenvalue weighted by Crippen LogP contribution is 2.35. The molecule has 134 valence electrons. The van der Waals surface area contributed by atoms with Gasteiger partial charge in [0.15, 0.2) is 11.5 Å². The number of phenols is 1. The Kier molecular flexibility index (Phi) is 3.76. The standard InChI is InChI=1S/C20H20N2O4/c1-20(2,9-12-3-6-17-18(7-12)26-11-25-17)19(24)22-16-10-21-15-5-4-13(23)8-14(15)16/h3-8,10,21,23H,9,11H2,1-2H3,(H,22,24). The molecule has 0 bridgehead atoms. The summed E-state index contributed by atoms with van der Waals surface area (Å²) in [6.45, 7) is 4.04. The van der Waals surface area contributed by atoms with Crippen molar-refractivity contribution < 1.29 is 19.4 Å². The van der Waals surface area contributed by atoms with Crippen LogP contribution in [-0.4, -0.2) is 22.8 Å². The van der Waals surface area contributed by atoms with Crippen molar-refractivity contribution >= 4 is 22.5 Å². The van der Waals surface area contributed by atoms with Crippen LogP contribution in [0.2, 0.25) is 0 Å². The minimum absolute atomic E-state index is 0.0978. The Morgan fingerprint density at radius 3 is 2.85 bits per heavy atom.